The quantitative estimate of drug-likeness (QED) is 0.775. The summed E-state index contributed by atoms with van der Waals surface area (Å²) in [6.45, 7) is 3.03. The highest BCUT2D eigenvalue weighted by atomic mass is 32.1. The van der Waals surface area contributed by atoms with Crippen LogP contribution < -0.4 is 5.32 Å². The fraction of sp³-hybridized carbons (Fsp3) is 0.385. The Labute approximate surface area is 115 Å². The molecule has 0 aromatic carbocycles. The van der Waals surface area contributed by atoms with Gasteiger partial charge in [-0.25, -0.2) is 4.98 Å². The lowest BCUT2D eigenvalue weighted by Gasteiger charge is -2.14. The van der Waals surface area contributed by atoms with Crippen molar-refractivity contribution in [3.8, 4) is 0 Å². The van der Waals surface area contributed by atoms with Crippen LogP contribution >= 0.6 is 11.3 Å². The van der Waals surface area contributed by atoms with E-state index in [4.69, 9.17) is 0 Å². The first-order valence-corrected chi connectivity index (χ1v) is 7.28. The average molecular weight is 275 g/mol. The summed E-state index contributed by atoms with van der Waals surface area (Å²) in [5, 5.41) is 10.0. The van der Waals surface area contributed by atoms with Gasteiger partial charge in [0.15, 0.2) is 4.96 Å². The normalized spacial score (nSPS) is 13.2. The number of rotatable bonds is 5. The molecule has 0 amide bonds. The molecule has 0 bridgehead atoms. The highest BCUT2D eigenvalue weighted by Gasteiger charge is 2.15. The molecule has 6 heteroatoms. The summed E-state index contributed by atoms with van der Waals surface area (Å²) in [7, 11) is 1.94. The van der Waals surface area contributed by atoms with E-state index in [1.165, 1.54) is 0 Å². The first kappa shape index (κ1) is 12.4. The Kier molecular flexibility index (Phi) is 3.35. The highest BCUT2D eigenvalue weighted by Crippen LogP contribution is 2.18. The van der Waals surface area contributed by atoms with E-state index in [-0.39, 0.29) is 6.04 Å². The predicted octanol–water partition coefficient (Wildman–Crippen LogP) is 2.02. The van der Waals surface area contributed by atoms with Gasteiger partial charge in [-0.3, -0.25) is 9.08 Å². The largest absolute Gasteiger partial charge is 0.309 e. The number of nitrogens with zero attached hydrogens (tertiary/aromatic N) is 4. The second kappa shape index (κ2) is 5.14. The molecule has 0 fully saturated rings. The van der Waals surface area contributed by atoms with E-state index in [0.717, 1.165) is 29.3 Å². The Bertz CT molecular complexity index is 637. The molecule has 1 atom stereocenters. The molecule has 0 saturated carbocycles. The molecule has 0 aliphatic carbocycles. The summed E-state index contributed by atoms with van der Waals surface area (Å²) in [5.74, 6) is 0. The zero-order valence-electron chi connectivity index (χ0n) is 11.1. The molecule has 0 aliphatic rings. The molecule has 3 heterocycles. The summed E-state index contributed by atoms with van der Waals surface area (Å²) in [5.41, 5.74) is 2.17. The maximum atomic E-state index is 4.63. The molecule has 3 aromatic heterocycles. The molecule has 1 unspecified atom stereocenters. The van der Waals surface area contributed by atoms with E-state index >= 15 is 0 Å². The Hall–Kier alpha value is -1.66. The van der Waals surface area contributed by atoms with Crippen molar-refractivity contribution < 1.29 is 0 Å². The second-order valence-electron chi connectivity index (χ2n) is 4.55. The summed E-state index contributed by atoms with van der Waals surface area (Å²) < 4.78 is 3.91. The van der Waals surface area contributed by atoms with Gasteiger partial charge in [-0.2, -0.15) is 5.10 Å². The third-order valence-electron chi connectivity index (χ3n) is 3.10. The summed E-state index contributed by atoms with van der Waals surface area (Å²) in [6, 6.07) is 2.28. The lowest BCUT2D eigenvalue weighted by Crippen LogP contribution is -2.23. The van der Waals surface area contributed by atoms with Gasteiger partial charge < -0.3 is 5.32 Å². The van der Waals surface area contributed by atoms with Gasteiger partial charge in [0.1, 0.15) is 0 Å². The van der Waals surface area contributed by atoms with Gasteiger partial charge in [-0.1, -0.05) is 6.92 Å². The van der Waals surface area contributed by atoms with Gasteiger partial charge in [0, 0.05) is 37.4 Å². The maximum Gasteiger partial charge on any atom is 0.193 e. The highest BCUT2D eigenvalue weighted by molar-refractivity contribution is 7.15. The van der Waals surface area contributed by atoms with Crippen molar-refractivity contribution in [3.05, 3.63) is 41.4 Å². The number of hydrogen-bond donors (Lipinski definition) is 1. The number of aromatic nitrogens is 4. The van der Waals surface area contributed by atoms with Crippen LogP contribution in [0.15, 0.2) is 30.0 Å². The Morgan fingerprint density at radius 1 is 1.42 bits per heavy atom. The van der Waals surface area contributed by atoms with Gasteiger partial charge >= 0.3 is 0 Å². The number of nitrogens with one attached hydrogen (secondary N) is 1. The monoisotopic (exact) mass is 275 g/mol. The number of fused-ring (bicyclic) bond motifs is 1. The molecule has 0 saturated heterocycles. The van der Waals surface area contributed by atoms with E-state index in [1.54, 1.807) is 11.3 Å². The van der Waals surface area contributed by atoms with Crippen molar-refractivity contribution in [2.75, 3.05) is 6.54 Å². The van der Waals surface area contributed by atoms with Gasteiger partial charge in [0.25, 0.3) is 0 Å². The molecule has 1 N–H and O–H groups in total. The number of imidazole rings is 1. The van der Waals surface area contributed by atoms with Crippen molar-refractivity contribution in [2.45, 2.75) is 19.4 Å². The molecule has 0 spiro atoms. The molecule has 19 heavy (non-hydrogen) atoms. The number of hydrogen-bond acceptors (Lipinski definition) is 4. The minimum absolute atomic E-state index is 0.218. The van der Waals surface area contributed by atoms with Gasteiger partial charge in [-0.15, -0.1) is 11.3 Å². The SMILES string of the molecule is CCNC(Cc1cn2ccsc2n1)c1ccn(C)n1. The van der Waals surface area contributed by atoms with Crippen LogP contribution in [0.25, 0.3) is 4.96 Å². The van der Waals surface area contributed by atoms with Crippen LogP contribution in [0.2, 0.25) is 0 Å². The zero-order chi connectivity index (χ0) is 13.2. The van der Waals surface area contributed by atoms with Crippen LogP contribution in [0, 0.1) is 0 Å². The molecule has 3 aromatic rings. The summed E-state index contributed by atoms with van der Waals surface area (Å²) >= 11 is 1.66. The van der Waals surface area contributed by atoms with E-state index in [0.29, 0.717) is 0 Å². The fourth-order valence-corrected chi connectivity index (χ4v) is 2.95. The summed E-state index contributed by atoms with van der Waals surface area (Å²) in [6.07, 6.45) is 6.98. The third kappa shape index (κ3) is 2.54. The van der Waals surface area contributed by atoms with E-state index in [9.17, 15) is 0 Å². The number of aryl methyl sites for hydroxylation is 1. The Morgan fingerprint density at radius 2 is 2.32 bits per heavy atom. The molecule has 0 radical (unpaired) electrons. The lowest BCUT2D eigenvalue weighted by molar-refractivity contribution is 0.524. The lowest BCUT2D eigenvalue weighted by atomic mass is 10.1. The Morgan fingerprint density at radius 3 is 3.00 bits per heavy atom. The van der Waals surface area contributed by atoms with Crippen LogP contribution in [-0.4, -0.2) is 25.7 Å². The maximum absolute atomic E-state index is 4.63. The fourth-order valence-electron chi connectivity index (χ4n) is 2.23. The van der Waals surface area contributed by atoms with Crippen molar-refractivity contribution in [3.63, 3.8) is 0 Å². The number of thiazole rings is 1. The first-order valence-electron chi connectivity index (χ1n) is 6.40. The minimum Gasteiger partial charge on any atom is -0.309 e. The van der Waals surface area contributed by atoms with Crippen LogP contribution in [0.1, 0.15) is 24.4 Å². The molecular weight excluding hydrogens is 258 g/mol. The van der Waals surface area contributed by atoms with Gasteiger partial charge in [-0.05, 0) is 12.6 Å². The standard InChI is InChI=1S/C13H17N5S/c1-3-14-12(11-4-5-17(2)16-11)8-10-9-18-6-7-19-13(18)15-10/h4-7,9,12,14H,3,8H2,1-2H3. The second-order valence-corrected chi connectivity index (χ2v) is 5.43. The average Bonchev–Trinajstić information content (AvgIpc) is 3.03. The molecule has 0 aliphatic heterocycles. The Balaban J connectivity index is 1.82. The minimum atomic E-state index is 0.218. The van der Waals surface area contributed by atoms with Gasteiger partial charge in [0.2, 0.25) is 0 Å². The molecule has 5 nitrogen and oxygen atoms in total. The van der Waals surface area contributed by atoms with Crippen LogP contribution in [-0.2, 0) is 13.5 Å². The van der Waals surface area contributed by atoms with E-state index < -0.39 is 0 Å². The number of likely N-dealkylation sites (N-methyl/N-ethyl adjacent to an activating group) is 1. The summed E-state index contributed by atoms with van der Waals surface area (Å²) in [4.78, 5) is 5.68. The van der Waals surface area contributed by atoms with Crippen molar-refractivity contribution >= 4 is 16.3 Å². The zero-order valence-corrected chi connectivity index (χ0v) is 11.9. The van der Waals surface area contributed by atoms with Crippen molar-refractivity contribution in [1.82, 2.24) is 24.5 Å². The van der Waals surface area contributed by atoms with Crippen molar-refractivity contribution in [1.29, 1.82) is 0 Å². The van der Waals surface area contributed by atoms with Crippen LogP contribution in [0.4, 0.5) is 0 Å². The van der Waals surface area contributed by atoms with Crippen molar-refractivity contribution in [2.24, 2.45) is 7.05 Å². The molecular formula is C13H17N5S. The predicted molar refractivity (Wildman–Crippen MR) is 76.4 cm³/mol. The molecule has 100 valence electrons. The van der Waals surface area contributed by atoms with Gasteiger partial charge in [0.05, 0.1) is 17.4 Å². The van der Waals surface area contributed by atoms with E-state index in [2.05, 4.69) is 39.0 Å². The van der Waals surface area contributed by atoms with E-state index in [1.807, 2.05) is 29.5 Å². The first-order chi connectivity index (χ1) is 9.26. The third-order valence-corrected chi connectivity index (χ3v) is 3.87. The van der Waals surface area contributed by atoms with Crippen LogP contribution in [0.3, 0.4) is 0 Å². The smallest absolute Gasteiger partial charge is 0.193 e. The topological polar surface area (TPSA) is 47.1 Å². The molecule has 3 rings (SSSR count). The van der Waals surface area contributed by atoms with Crippen LogP contribution in [0.5, 0.6) is 0 Å².